The SMILES string of the molecule is CC[C@H](NC(=O)O)C(=O)N1[C@@H]2C[C@@H]2C[C@H]1c1ncc(-c2ccc(C#Cc3ccc(-c4cnc([C@@H]5C[C@H]6C[C@H]6N5C(=O)[C@H](CC)NC(=O)O)[nH]4)cc3)cc2)[nH]1. The second kappa shape index (κ2) is 14.0. The minimum atomic E-state index is -1.20. The van der Waals surface area contributed by atoms with E-state index in [-0.39, 0.29) is 36.0 Å². The van der Waals surface area contributed by atoms with Gasteiger partial charge >= 0.3 is 12.2 Å². The predicted molar refractivity (Wildman–Crippen MR) is 197 cm³/mol. The quantitative estimate of drug-likeness (QED) is 0.119. The lowest BCUT2D eigenvalue weighted by Gasteiger charge is -2.29. The molecule has 2 aromatic carbocycles. The Balaban J connectivity index is 0.903. The number of fused-ring (bicyclic) bond motifs is 2. The summed E-state index contributed by atoms with van der Waals surface area (Å²) in [4.78, 5) is 69.0. The van der Waals surface area contributed by atoms with Crippen molar-refractivity contribution in [2.45, 2.75) is 88.6 Å². The molecule has 0 radical (unpaired) electrons. The monoisotopic (exact) mass is 730 g/mol. The van der Waals surface area contributed by atoms with E-state index in [9.17, 15) is 29.4 Å². The molecular weight excluding hydrogens is 688 g/mol. The second-order valence-electron chi connectivity index (χ2n) is 14.7. The number of carboxylic acid groups (broad SMARTS) is 2. The molecule has 8 rings (SSSR count). The van der Waals surface area contributed by atoms with Crippen LogP contribution >= 0.6 is 0 Å². The number of carbonyl (C=O) groups excluding carboxylic acids is 2. The summed E-state index contributed by atoms with van der Waals surface area (Å²) in [6.07, 6.45) is 5.40. The van der Waals surface area contributed by atoms with Crippen LogP contribution in [0, 0.1) is 23.7 Å². The minimum absolute atomic E-state index is 0.135. The van der Waals surface area contributed by atoms with Crippen molar-refractivity contribution in [3.63, 3.8) is 0 Å². The number of rotatable bonds is 10. The lowest BCUT2D eigenvalue weighted by Crippen LogP contribution is -2.48. The Morgan fingerprint density at radius 3 is 1.43 bits per heavy atom. The van der Waals surface area contributed by atoms with Gasteiger partial charge in [0.25, 0.3) is 0 Å². The zero-order valence-electron chi connectivity index (χ0n) is 30.0. The summed E-state index contributed by atoms with van der Waals surface area (Å²) in [6.45, 7) is 3.60. The van der Waals surface area contributed by atoms with Crippen molar-refractivity contribution < 1.29 is 29.4 Å². The molecule has 2 saturated carbocycles. The molecule has 0 spiro atoms. The van der Waals surface area contributed by atoms with E-state index in [1.165, 1.54) is 0 Å². The maximum atomic E-state index is 13.3. The van der Waals surface area contributed by atoms with E-state index in [1.807, 2.05) is 58.3 Å². The van der Waals surface area contributed by atoms with Crippen molar-refractivity contribution in [2.24, 2.45) is 11.8 Å². The highest BCUT2D eigenvalue weighted by Crippen LogP contribution is 2.54. The van der Waals surface area contributed by atoms with Gasteiger partial charge in [-0.15, -0.1) is 0 Å². The summed E-state index contributed by atoms with van der Waals surface area (Å²) < 4.78 is 0. The number of nitrogens with one attached hydrogen (secondary N) is 4. The number of hydrogen-bond donors (Lipinski definition) is 6. The van der Waals surface area contributed by atoms with Crippen LogP contribution < -0.4 is 10.6 Å². The average molecular weight is 731 g/mol. The van der Waals surface area contributed by atoms with Crippen molar-refractivity contribution >= 4 is 24.0 Å². The first-order chi connectivity index (χ1) is 26.1. The van der Waals surface area contributed by atoms with Gasteiger partial charge in [0.15, 0.2) is 0 Å². The summed E-state index contributed by atoms with van der Waals surface area (Å²) in [7, 11) is 0. The van der Waals surface area contributed by atoms with Gasteiger partial charge in [0.2, 0.25) is 11.8 Å². The van der Waals surface area contributed by atoms with E-state index in [4.69, 9.17) is 0 Å². The van der Waals surface area contributed by atoms with Gasteiger partial charge in [-0.2, -0.15) is 0 Å². The molecule has 4 aliphatic rings. The lowest BCUT2D eigenvalue weighted by molar-refractivity contribution is -0.136. The Morgan fingerprint density at radius 2 is 1.07 bits per heavy atom. The summed E-state index contributed by atoms with van der Waals surface area (Å²) in [6, 6.07) is 14.0. The van der Waals surface area contributed by atoms with Crippen molar-refractivity contribution in [3.05, 3.63) is 83.7 Å². The van der Waals surface area contributed by atoms with E-state index < -0.39 is 24.3 Å². The number of imidazole rings is 2. The molecule has 2 aromatic heterocycles. The fraction of sp³-hybridized carbons (Fsp3) is 0.400. The fourth-order valence-electron chi connectivity index (χ4n) is 8.29. The van der Waals surface area contributed by atoms with Crippen LogP contribution in [-0.2, 0) is 9.59 Å². The highest BCUT2D eigenvalue weighted by Gasteiger charge is 2.57. The first-order valence-corrected chi connectivity index (χ1v) is 18.6. The van der Waals surface area contributed by atoms with Gasteiger partial charge in [-0.3, -0.25) is 9.59 Å². The average Bonchev–Trinajstić information content (AvgIpc) is 3.76. The zero-order chi connectivity index (χ0) is 37.7. The van der Waals surface area contributed by atoms with Crippen LogP contribution in [0.15, 0.2) is 60.9 Å². The third kappa shape index (κ3) is 6.77. The Kier molecular flexibility index (Phi) is 9.09. The molecule has 278 valence electrons. The van der Waals surface area contributed by atoms with Crippen LogP contribution in [0.25, 0.3) is 22.5 Å². The summed E-state index contributed by atoms with van der Waals surface area (Å²) in [5.41, 5.74) is 5.23. The third-order valence-corrected chi connectivity index (χ3v) is 11.3. The molecule has 6 N–H and O–H groups in total. The predicted octanol–water partition coefficient (Wildman–Crippen LogP) is 5.28. The van der Waals surface area contributed by atoms with Crippen LogP contribution in [0.4, 0.5) is 9.59 Å². The van der Waals surface area contributed by atoms with E-state index in [0.717, 1.165) is 59.3 Å². The first-order valence-electron chi connectivity index (χ1n) is 18.6. The molecule has 4 aromatic rings. The van der Waals surface area contributed by atoms with Crippen molar-refractivity contribution in [3.8, 4) is 34.4 Å². The van der Waals surface area contributed by atoms with Crippen LogP contribution in [0.2, 0.25) is 0 Å². The largest absolute Gasteiger partial charge is 0.465 e. The molecule has 2 aliphatic carbocycles. The molecule has 14 heteroatoms. The molecule has 0 bridgehead atoms. The number of piperidine rings is 2. The van der Waals surface area contributed by atoms with Crippen molar-refractivity contribution in [1.82, 2.24) is 40.4 Å². The number of H-pyrrole nitrogens is 2. The summed E-state index contributed by atoms with van der Waals surface area (Å²) in [5, 5.41) is 23.1. The topological polar surface area (TPSA) is 197 Å². The molecule has 0 unspecified atom stereocenters. The van der Waals surface area contributed by atoms with E-state index in [0.29, 0.717) is 36.3 Å². The van der Waals surface area contributed by atoms with E-state index in [2.05, 4.69) is 42.4 Å². The second-order valence-corrected chi connectivity index (χ2v) is 14.7. The Bertz CT molecular complexity index is 2000. The number of amides is 4. The Hall–Kier alpha value is -6.10. The smallest absolute Gasteiger partial charge is 0.405 e. The standard InChI is InChI=1S/C40H42N8O6/c1-3-27(45-39(51)52)37(49)47-31-15-25(31)17-33(47)35-41-19-29(43-35)23-11-7-21(8-12-23)5-6-22-9-13-24(14-10-22)30-20-42-36(44-30)34-18-26-16-32(26)48(34)38(50)28(4-2)46-40(53)54/h7-14,19-20,25-28,31-34,45-46H,3-4,15-18H2,1-2H3,(H,41,43)(H,42,44)(H,51,52)(H,53,54)/t25-,26-,27+,28+,31-,32-,33+,34+/m1/s1. The molecule has 2 saturated heterocycles. The number of benzene rings is 2. The summed E-state index contributed by atoms with van der Waals surface area (Å²) >= 11 is 0. The van der Waals surface area contributed by atoms with Gasteiger partial charge in [0.1, 0.15) is 23.7 Å². The van der Waals surface area contributed by atoms with Gasteiger partial charge in [0.05, 0.1) is 35.9 Å². The van der Waals surface area contributed by atoms with Crippen molar-refractivity contribution in [1.29, 1.82) is 0 Å². The first kappa shape index (κ1) is 35.0. The lowest BCUT2D eigenvalue weighted by atomic mass is 10.1. The third-order valence-electron chi connectivity index (χ3n) is 11.3. The number of carbonyl (C=O) groups is 4. The van der Waals surface area contributed by atoms with Crippen molar-refractivity contribution in [2.75, 3.05) is 0 Å². The minimum Gasteiger partial charge on any atom is -0.465 e. The van der Waals surface area contributed by atoms with Gasteiger partial charge in [-0.05, 0) is 85.8 Å². The highest BCUT2D eigenvalue weighted by atomic mass is 16.4. The fourth-order valence-corrected chi connectivity index (χ4v) is 8.29. The maximum Gasteiger partial charge on any atom is 0.405 e. The van der Waals surface area contributed by atoms with E-state index in [1.54, 1.807) is 26.2 Å². The summed E-state index contributed by atoms with van der Waals surface area (Å²) in [5.74, 6) is 8.32. The van der Waals surface area contributed by atoms with Gasteiger partial charge < -0.3 is 40.6 Å². The maximum absolute atomic E-state index is 13.3. The molecule has 54 heavy (non-hydrogen) atoms. The number of nitrogens with zero attached hydrogens (tertiary/aromatic N) is 4. The number of aromatic amines is 2. The molecule has 14 nitrogen and oxygen atoms in total. The van der Waals surface area contributed by atoms with Gasteiger partial charge in [-0.1, -0.05) is 50.0 Å². The van der Waals surface area contributed by atoms with Gasteiger partial charge in [0, 0.05) is 23.2 Å². The molecular formula is C40H42N8O6. The Labute approximate surface area is 311 Å². The molecule has 4 fully saturated rings. The van der Waals surface area contributed by atoms with Crippen LogP contribution in [0.1, 0.15) is 87.2 Å². The molecule has 4 amide bonds. The molecule has 8 atom stereocenters. The van der Waals surface area contributed by atoms with E-state index >= 15 is 0 Å². The zero-order valence-corrected chi connectivity index (χ0v) is 30.0. The van der Waals surface area contributed by atoms with Crippen LogP contribution in [0.5, 0.6) is 0 Å². The Morgan fingerprint density at radius 1 is 0.685 bits per heavy atom. The van der Waals surface area contributed by atoms with Crippen LogP contribution in [0.3, 0.4) is 0 Å². The normalized spacial score (nSPS) is 24.4. The molecule has 4 heterocycles. The highest BCUT2D eigenvalue weighted by molar-refractivity contribution is 5.87. The van der Waals surface area contributed by atoms with Gasteiger partial charge in [-0.25, -0.2) is 19.6 Å². The van der Waals surface area contributed by atoms with Crippen LogP contribution in [-0.4, -0.2) is 88.1 Å². The number of likely N-dealkylation sites (tertiary alicyclic amines) is 2. The number of aromatic nitrogens is 4. The molecule has 2 aliphatic heterocycles. The number of hydrogen-bond acceptors (Lipinski definition) is 6.